The van der Waals surface area contributed by atoms with Crippen LogP contribution >= 0.6 is 23.2 Å². The molecule has 0 aromatic heterocycles. The zero-order chi connectivity index (χ0) is 17.4. The van der Waals surface area contributed by atoms with Gasteiger partial charge in [0.05, 0.1) is 6.54 Å². The molecule has 2 aromatic carbocycles. The van der Waals surface area contributed by atoms with E-state index in [2.05, 4.69) is 23.0 Å². The van der Waals surface area contributed by atoms with E-state index < -0.39 is 0 Å². The molecule has 0 unspecified atom stereocenters. The van der Waals surface area contributed by atoms with Crippen molar-refractivity contribution in [2.75, 3.05) is 24.5 Å². The lowest BCUT2D eigenvalue weighted by atomic mass is 10.1. The van der Waals surface area contributed by atoms with Crippen molar-refractivity contribution in [1.82, 2.24) is 4.90 Å². The maximum absolute atomic E-state index is 11.5. The standard InChI is InChI=1S/C20H18Cl2N2O/c21-15-3-1-14(2-4-15)19-11-20(19)23-9-10-24(18(12-23)13-25)17-7-5-16(22)6-8-17/h1-8,19-20H,9-12H2/t19-,20+/m0/s1. The van der Waals surface area contributed by atoms with E-state index in [1.54, 1.807) is 0 Å². The zero-order valence-corrected chi connectivity index (χ0v) is 15.2. The highest BCUT2D eigenvalue weighted by Gasteiger charge is 2.44. The number of benzene rings is 2. The van der Waals surface area contributed by atoms with Crippen molar-refractivity contribution < 1.29 is 4.79 Å². The summed E-state index contributed by atoms with van der Waals surface area (Å²) in [5.74, 6) is 2.68. The fourth-order valence-corrected chi connectivity index (χ4v) is 3.90. The fraction of sp³-hybridized carbons (Fsp3) is 0.300. The van der Waals surface area contributed by atoms with Gasteiger partial charge in [-0.25, -0.2) is 4.79 Å². The molecular formula is C20H18Cl2N2O. The van der Waals surface area contributed by atoms with Gasteiger partial charge in [-0.15, -0.1) is 0 Å². The molecule has 128 valence electrons. The van der Waals surface area contributed by atoms with Gasteiger partial charge >= 0.3 is 0 Å². The van der Waals surface area contributed by atoms with Gasteiger partial charge in [-0.1, -0.05) is 35.3 Å². The Morgan fingerprint density at radius 3 is 2.20 bits per heavy atom. The van der Waals surface area contributed by atoms with Gasteiger partial charge < -0.3 is 4.90 Å². The number of anilines is 1. The molecular weight excluding hydrogens is 355 g/mol. The summed E-state index contributed by atoms with van der Waals surface area (Å²) in [6, 6.07) is 16.2. The number of carbonyl (C=O) groups excluding carboxylic acids is 1. The molecule has 25 heavy (non-hydrogen) atoms. The van der Waals surface area contributed by atoms with Crippen LogP contribution in [0.25, 0.3) is 0 Å². The Balaban J connectivity index is 1.45. The van der Waals surface area contributed by atoms with Crippen LogP contribution in [0.5, 0.6) is 0 Å². The number of hydrogen-bond acceptors (Lipinski definition) is 3. The summed E-state index contributed by atoms with van der Waals surface area (Å²) in [7, 11) is 0. The van der Waals surface area contributed by atoms with Crippen LogP contribution < -0.4 is 4.90 Å². The topological polar surface area (TPSA) is 23.6 Å². The van der Waals surface area contributed by atoms with Crippen molar-refractivity contribution in [3.63, 3.8) is 0 Å². The highest BCUT2D eigenvalue weighted by atomic mass is 35.5. The van der Waals surface area contributed by atoms with Gasteiger partial charge in [-0.2, -0.15) is 0 Å². The molecule has 2 atom stereocenters. The van der Waals surface area contributed by atoms with Crippen LogP contribution in [0.15, 0.2) is 54.2 Å². The van der Waals surface area contributed by atoms with Crippen molar-refractivity contribution in [3.05, 3.63) is 69.8 Å². The minimum Gasteiger partial charge on any atom is -0.333 e. The highest BCUT2D eigenvalue weighted by molar-refractivity contribution is 6.30. The van der Waals surface area contributed by atoms with Crippen molar-refractivity contribution in [1.29, 1.82) is 0 Å². The average molecular weight is 373 g/mol. The summed E-state index contributed by atoms with van der Waals surface area (Å²) in [5, 5.41) is 1.46. The second-order valence-corrected chi connectivity index (χ2v) is 7.48. The predicted molar refractivity (Wildman–Crippen MR) is 102 cm³/mol. The van der Waals surface area contributed by atoms with E-state index in [4.69, 9.17) is 23.2 Å². The molecule has 3 nitrogen and oxygen atoms in total. The molecule has 0 bridgehead atoms. The summed E-state index contributed by atoms with van der Waals surface area (Å²) >= 11 is 11.9. The van der Waals surface area contributed by atoms with E-state index in [1.165, 1.54) is 5.56 Å². The van der Waals surface area contributed by atoms with Gasteiger partial charge in [0.25, 0.3) is 0 Å². The lowest BCUT2D eigenvalue weighted by molar-refractivity contribution is 0.266. The summed E-state index contributed by atoms with van der Waals surface area (Å²) in [5.41, 5.74) is 3.01. The minimum absolute atomic E-state index is 0.497. The first-order valence-electron chi connectivity index (χ1n) is 8.42. The molecule has 2 aliphatic rings. The Morgan fingerprint density at radius 2 is 1.56 bits per heavy atom. The second-order valence-electron chi connectivity index (χ2n) is 6.61. The summed E-state index contributed by atoms with van der Waals surface area (Å²) in [4.78, 5) is 16.0. The van der Waals surface area contributed by atoms with E-state index in [0.29, 0.717) is 29.2 Å². The first-order valence-corrected chi connectivity index (χ1v) is 9.18. The van der Waals surface area contributed by atoms with Crippen LogP contribution in [0, 0.1) is 0 Å². The predicted octanol–water partition coefficient (Wildman–Crippen LogP) is 4.39. The summed E-state index contributed by atoms with van der Waals surface area (Å²) in [6.45, 7) is 2.36. The molecule has 1 saturated heterocycles. The van der Waals surface area contributed by atoms with Gasteiger partial charge in [0.1, 0.15) is 11.6 Å². The van der Waals surface area contributed by atoms with Crippen LogP contribution in [0.2, 0.25) is 10.0 Å². The summed E-state index contributed by atoms with van der Waals surface area (Å²) in [6.07, 6.45) is 1.13. The van der Waals surface area contributed by atoms with Crippen LogP contribution in [0.4, 0.5) is 5.69 Å². The average Bonchev–Trinajstić information content (AvgIpc) is 3.43. The Hall–Kier alpha value is -1.77. The third kappa shape index (κ3) is 3.47. The van der Waals surface area contributed by atoms with Gasteiger partial charge in [-0.05, 0) is 48.4 Å². The lowest BCUT2D eigenvalue weighted by Gasteiger charge is -2.36. The van der Waals surface area contributed by atoms with Gasteiger partial charge in [-0.3, -0.25) is 4.90 Å². The van der Waals surface area contributed by atoms with Crippen LogP contribution in [-0.2, 0) is 4.79 Å². The van der Waals surface area contributed by atoms with Crippen molar-refractivity contribution in [2.24, 2.45) is 0 Å². The van der Waals surface area contributed by atoms with Crippen molar-refractivity contribution in [2.45, 2.75) is 18.4 Å². The second kappa shape index (κ2) is 6.86. The minimum atomic E-state index is 0.497. The highest BCUT2D eigenvalue weighted by Crippen LogP contribution is 2.45. The maximum Gasteiger partial charge on any atom is 0.147 e. The molecule has 2 fully saturated rings. The molecule has 0 N–H and O–H groups in total. The SMILES string of the molecule is O=C=C1CN([C@@H]2C[C@H]2c2ccc(Cl)cc2)CCN1c1ccc(Cl)cc1. The third-order valence-electron chi connectivity index (χ3n) is 5.07. The molecule has 1 aliphatic heterocycles. The maximum atomic E-state index is 11.5. The fourth-order valence-electron chi connectivity index (χ4n) is 3.65. The first-order chi connectivity index (χ1) is 12.2. The summed E-state index contributed by atoms with van der Waals surface area (Å²) < 4.78 is 0. The molecule has 1 aliphatic carbocycles. The zero-order valence-electron chi connectivity index (χ0n) is 13.7. The van der Waals surface area contributed by atoms with E-state index >= 15 is 0 Å². The van der Waals surface area contributed by atoms with E-state index in [1.807, 2.05) is 41.3 Å². The van der Waals surface area contributed by atoms with Crippen LogP contribution in [0.3, 0.4) is 0 Å². The van der Waals surface area contributed by atoms with Gasteiger partial charge in [0, 0.05) is 40.8 Å². The first kappa shape index (κ1) is 16.7. The Morgan fingerprint density at radius 1 is 0.920 bits per heavy atom. The monoisotopic (exact) mass is 372 g/mol. The van der Waals surface area contributed by atoms with Crippen molar-refractivity contribution >= 4 is 34.8 Å². The smallest absolute Gasteiger partial charge is 0.147 e. The number of hydrogen-bond donors (Lipinski definition) is 0. The number of piperazine rings is 1. The van der Waals surface area contributed by atoms with Crippen LogP contribution in [-0.4, -0.2) is 36.5 Å². The lowest BCUT2D eigenvalue weighted by Crippen LogP contribution is -2.46. The molecule has 5 heteroatoms. The third-order valence-corrected chi connectivity index (χ3v) is 5.57. The normalized spacial score (nSPS) is 23.4. The van der Waals surface area contributed by atoms with Gasteiger partial charge in [0.15, 0.2) is 0 Å². The number of nitrogens with zero attached hydrogens (tertiary/aromatic N) is 2. The Labute approximate surface area is 157 Å². The van der Waals surface area contributed by atoms with Crippen molar-refractivity contribution in [3.8, 4) is 0 Å². The molecule has 0 radical (unpaired) electrons. The van der Waals surface area contributed by atoms with E-state index in [9.17, 15) is 4.79 Å². The Bertz CT molecular complexity index is 813. The largest absolute Gasteiger partial charge is 0.333 e. The molecule has 1 heterocycles. The van der Waals surface area contributed by atoms with Gasteiger partial charge in [0.2, 0.25) is 0 Å². The number of rotatable bonds is 3. The quantitative estimate of drug-likeness (QED) is 0.746. The number of halogens is 2. The van der Waals surface area contributed by atoms with E-state index in [-0.39, 0.29) is 0 Å². The molecule has 4 rings (SSSR count). The molecule has 2 aromatic rings. The molecule has 0 spiro atoms. The van der Waals surface area contributed by atoms with E-state index in [0.717, 1.165) is 30.2 Å². The molecule has 1 saturated carbocycles. The Kier molecular flexibility index (Phi) is 4.58. The van der Waals surface area contributed by atoms with Crippen LogP contribution in [0.1, 0.15) is 17.9 Å². The molecule has 0 amide bonds.